The Balaban J connectivity index is 1.76. The molecule has 114 valence electrons. The van der Waals surface area contributed by atoms with Crippen LogP contribution in [0.1, 0.15) is 30.1 Å². The molecule has 2 rings (SSSR count). The van der Waals surface area contributed by atoms with E-state index in [0.717, 1.165) is 32.5 Å². The van der Waals surface area contributed by atoms with Crippen LogP contribution in [0.25, 0.3) is 0 Å². The molecule has 1 amide bonds. The summed E-state index contributed by atoms with van der Waals surface area (Å²) < 4.78 is 0. The van der Waals surface area contributed by atoms with Crippen molar-refractivity contribution in [2.45, 2.75) is 19.8 Å². The van der Waals surface area contributed by atoms with Gasteiger partial charge < -0.3 is 10.4 Å². The van der Waals surface area contributed by atoms with E-state index < -0.39 is 0 Å². The molecule has 0 unspecified atom stereocenters. The van der Waals surface area contributed by atoms with Crippen LogP contribution in [-0.2, 0) is 4.79 Å². The van der Waals surface area contributed by atoms with Gasteiger partial charge in [0.2, 0.25) is 5.91 Å². The van der Waals surface area contributed by atoms with Gasteiger partial charge in [-0.25, -0.2) is 0 Å². The number of carbonyl (C=O) groups excluding carboxylic acids is 2. The molecule has 0 saturated carbocycles. The lowest BCUT2D eigenvalue weighted by Crippen LogP contribution is -2.40. The molecule has 0 aromatic heterocycles. The molecule has 0 spiro atoms. The number of phenols is 1. The summed E-state index contributed by atoms with van der Waals surface area (Å²) in [5, 5.41) is 12.1. The van der Waals surface area contributed by atoms with Gasteiger partial charge in [0, 0.05) is 19.0 Å². The standard InChI is InChI=1S/C16H22N2O3/c1-12(19)17-10-13-6-8-18(9-7-13)11-16(21)14-2-4-15(20)5-3-14/h2-5,13,20H,6-11H2,1H3,(H,17,19). The van der Waals surface area contributed by atoms with Crippen molar-refractivity contribution in [1.82, 2.24) is 10.2 Å². The zero-order valence-corrected chi connectivity index (χ0v) is 12.3. The van der Waals surface area contributed by atoms with Gasteiger partial charge >= 0.3 is 0 Å². The molecule has 2 N–H and O–H groups in total. The van der Waals surface area contributed by atoms with Gasteiger partial charge in [-0.15, -0.1) is 0 Å². The van der Waals surface area contributed by atoms with E-state index in [1.165, 1.54) is 19.1 Å². The highest BCUT2D eigenvalue weighted by atomic mass is 16.3. The largest absolute Gasteiger partial charge is 0.508 e. The van der Waals surface area contributed by atoms with Gasteiger partial charge in [-0.2, -0.15) is 0 Å². The van der Waals surface area contributed by atoms with E-state index in [-0.39, 0.29) is 17.4 Å². The third-order valence-electron chi connectivity index (χ3n) is 3.90. The van der Waals surface area contributed by atoms with Crippen LogP contribution in [0.3, 0.4) is 0 Å². The third kappa shape index (κ3) is 4.86. The molecule has 1 saturated heterocycles. The lowest BCUT2D eigenvalue weighted by molar-refractivity contribution is -0.119. The zero-order valence-electron chi connectivity index (χ0n) is 12.3. The first kappa shape index (κ1) is 15.5. The Morgan fingerprint density at radius 3 is 2.43 bits per heavy atom. The summed E-state index contributed by atoms with van der Waals surface area (Å²) >= 11 is 0. The lowest BCUT2D eigenvalue weighted by atomic mass is 9.96. The van der Waals surface area contributed by atoms with Crippen molar-refractivity contribution in [2.24, 2.45) is 5.92 Å². The van der Waals surface area contributed by atoms with Gasteiger partial charge in [0.15, 0.2) is 5.78 Å². The molecule has 0 aliphatic carbocycles. The highest BCUT2D eigenvalue weighted by molar-refractivity contribution is 5.97. The van der Waals surface area contributed by atoms with Crippen molar-refractivity contribution in [1.29, 1.82) is 0 Å². The molecule has 1 aliphatic rings. The quantitative estimate of drug-likeness (QED) is 0.805. The van der Waals surface area contributed by atoms with Crippen molar-refractivity contribution in [2.75, 3.05) is 26.2 Å². The van der Waals surface area contributed by atoms with E-state index >= 15 is 0 Å². The number of nitrogens with one attached hydrogen (secondary N) is 1. The third-order valence-corrected chi connectivity index (χ3v) is 3.90. The van der Waals surface area contributed by atoms with Gasteiger partial charge in [0.05, 0.1) is 6.54 Å². The van der Waals surface area contributed by atoms with E-state index in [4.69, 9.17) is 0 Å². The lowest BCUT2D eigenvalue weighted by Gasteiger charge is -2.31. The Labute approximate surface area is 125 Å². The highest BCUT2D eigenvalue weighted by Gasteiger charge is 2.21. The number of likely N-dealkylation sites (tertiary alicyclic amines) is 1. The molecule has 5 nitrogen and oxygen atoms in total. The second kappa shape index (κ2) is 7.22. The minimum absolute atomic E-state index is 0.0138. The van der Waals surface area contributed by atoms with Crippen LogP contribution in [0.4, 0.5) is 0 Å². The molecule has 1 aliphatic heterocycles. The SMILES string of the molecule is CC(=O)NCC1CCN(CC(=O)c2ccc(O)cc2)CC1. The minimum atomic E-state index is 0.0138. The Kier molecular flexibility index (Phi) is 5.33. The predicted molar refractivity (Wildman–Crippen MR) is 80.3 cm³/mol. The zero-order chi connectivity index (χ0) is 15.2. The van der Waals surface area contributed by atoms with Crippen molar-refractivity contribution < 1.29 is 14.7 Å². The van der Waals surface area contributed by atoms with E-state index in [1.807, 2.05) is 0 Å². The predicted octanol–water partition coefficient (Wildman–Crippen LogP) is 1.42. The van der Waals surface area contributed by atoms with Gasteiger partial charge in [0.1, 0.15) is 5.75 Å². The van der Waals surface area contributed by atoms with Crippen molar-refractivity contribution in [3.63, 3.8) is 0 Å². The van der Waals surface area contributed by atoms with Crippen molar-refractivity contribution in [3.05, 3.63) is 29.8 Å². The maximum Gasteiger partial charge on any atom is 0.216 e. The second-order valence-electron chi connectivity index (χ2n) is 5.63. The number of nitrogens with zero attached hydrogens (tertiary/aromatic N) is 1. The minimum Gasteiger partial charge on any atom is -0.508 e. The summed E-state index contributed by atoms with van der Waals surface area (Å²) in [4.78, 5) is 25.2. The van der Waals surface area contributed by atoms with Crippen LogP contribution in [0.15, 0.2) is 24.3 Å². The molecule has 1 aromatic carbocycles. The monoisotopic (exact) mass is 290 g/mol. The van der Waals surface area contributed by atoms with Gasteiger partial charge in [-0.1, -0.05) is 0 Å². The summed E-state index contributed by atoms with van der Waals surface area (Å²) in [5.41, 5.74) is 0.633. The summed E-state index contributed by atoms with van der Waals surface area (Å²) in [6, 6.07) is 6.38. The first-order chi connectivity index (χ1) is 10.0. The van der Waals surface area contributed by atoms with Gasteiger partial charge in [-0.05, 0) is 56.1 Å². The summed E-state index contributed by atoms with van der Waals surface area (Å²) in [6.45, 7) is 4.44. The number of Topliss-reactive ketones (excluding diaryl/α,β-unsaturated/α-hetero) is 1. The van der Waals surface area contributed by atoms with Crippen LogP contribution in [0.2, 0.25) is 0 Å². The normalized spacial score (nSPS) is 16.6. The average Bonchev–Trinajstić information content (AvgIpc) is 2.47. The van der Waals surface area contributed by atoms with E-state index in [9.17, 15) is 14.7 Å². The molecule has 1 heterocycles. The van der Waals surface area contributed by atoms with Crippen molar-refractivity contribution in [3.8, 4) is 5.75 Å². The number of hydrogen-bond donors (Lipinski definition) is 2. The molecular weight excluding hydrogens is 268 g/mol. The Hall–Kier alpha value is -1.88. The number of benzene rings is 1. The fraction of sp³-hybridized carbons (Fsp3) is 0.500. The molecule has 5 heteroatoms. The molecule has 1 aromatic rings. The Bertz CT molecular complexity index is 491. The fourth-order valence-electron chi connectivity index (χ4n) is 2.58. The van der Waals surface area contributed by atoms with E-state index in [0.29, 0.717) is 18.0 Å². The average molecular weight is 290 g/mol. The van der Waals surface area contributed by atoms with Crippen LogP contribution >= 0.6 is 0 Å². The molecule has 1 fully saturated rings. The smallest absolute Gasteiger partial charge is 0.216 e. The number of hydrogen-bond acceptors (Lipinski definition) is 4. The Morgan fingerprint density at radius 2 is 1.86 bits per heavy atom. The topological polar surface area (TPSA) is 69.6 Å². The molecule has 0 radical (unpaired) electrons. The van der Waals surface area contributed by atoms with E-state index in [2.05, 4.69) is 10.2 Å². The van der Waals surface area contributed by atoms with Crippen LogP contribution in [0, 0.1) is 5.92 Å². The van der Waals surface area contributed by atoms with Gasteiger partial charge in [-0.3, -0.25) is 14.5 Å². The number of phenolic OH excluding ortho intramolecular Hbond substituents is 1. The summed E-state index contributed by atoms with van der Waals surface area (Å²) in [7, 11) is 0. The maximum atomic E-state index is 12.1. The summed E-state index contributed by atoms with van der Waals surface area (Å²) in [5.74, 6) is 0.773. The molecule has 0 bridgehead atoms. The second-order valence-corrected chi connectivity index (χ2v) is 5.63. The Morgan fingerprint density at radius 1 is 1.24 bits per heavy atom. The number of aromatic hydroxyl groups is 1. The maximum absolute atomic E-state index is 12.1. The number of piperidine rings is 1. The molecule has 21 heavy (non-hydrogen) atoms. The first-order valence-electron chi connectivity index (χ1n) is 7.33. The van der Waals surface area contributed by atoms with Crippen LogP contribution in [-0.4, -0.2) is 47.9 Å². The van der Waals surface area contributed by atoms with Crippen LogP contribution in [0.5, 0.6) is 5.75 Å². The number of ketones is 1. The van der Waals surface area contributed by atoms with Crippen LogP contribution < -0.4 is 5.32 Å². The van der Waals surface area contributed by atoms with E-state index in [1.54, 1.807) is 12.1 Å². The number of carbonyl (C=O) groups is 2. The summed E-state index contributed by atoms with van der Waals surface area (Å²) in [6.07, 6.45) is 2.01. The first-order valence-corrected chi connectivity index (χ1v) is 7.33. The number of amides is 1. The van der Waals surface area contributed by atoms with Gasteiger partial charge in [0.25, 0.3) is 0 Å². The van der Waals surface area contributed by atoms with Crippen molar-refractivity contribution >= 4 is 11.7 Å². The highest BCUT2D eigenvalue weighted by Crippen LogP contribution is 2.17. The number of rotatable bonds is 5. The molecular formula is C16H22N2O3. The molecule has 0 atom stereocenters. The fourth-order valence-corrected chi connectivity index (χ4v) is 2.58.